The van der Waals surface area contributed by atoms with Crippen molar-refractivity contribution in [2.24, 2.45) is 0 Å². The van der Waals surface area contributed by atoms with E-state index in [-0.39, 0.29) is 11.4 Å². The molecule has 0 fully saturated rings. The van der Waals surface area contributed by atoms with Gasteiger partial charge in [-0.05, 0) is 33.1 Å². The molecule has 0 radical (unpaired) electrons. The highest BCUT2D eigenvalue weighted by Crippen LogP contribution is 2.29. The van der Waals surface area contributed by atoms with Crippen molar-refractivity contribution in [3.8, 4) is 0 Å². The molecule has 0 bridgehead atoms. The van der Waals surface area contributed by atoms with Crippen LogP contribution in [0.1, 0.15) is 63.6 Å². The summed E-state index contributed by atoms with van der Waals surface area (Å²) in [6.07, 6.45) is 2.73. The van der Waals surface area contributed by atoms with Crippen LogP contribution in [0.4, 0.5) is 10.9 Å². The van der Waals surface area contributed by atoms with E-state index in [1.165, 1.54) is 11.3 Å². The molecular weight excluding hydrogens is 284 g/mol. The van der Waals surface area contributed by atoms with Crippen LogP contribution in [0.3, 0.4) is 0 Å². The van der Waals surface area contributed by atoms with Gasteiger partial charge in [-0.2, -0.15) is 0 Å². The maximum absolute atomic E-state index is 12.5. The average molecular weight is 312 g/mol. The highest BCUT2D eigenvalue weighted by molar-refractivity contribution is 7.18. The van der Waals surface area contributed by atoms with Crippen LogP contribution in [0.2, 0.25) is 0 Å². The van der Waals surface area contributed by atoms with E-state index in [0.717, 1.165) is 37.5 Å². The van der Waals surface area contributed by atoms with Crippen LogP contribution < -0.4 is 16.0 Å². The van der Waals surface area contributed by atoms with Gasteiger partial charge in [0.05, 0.1) is 0 Å². The molecule has 1 aromatic rings. The monoisotopic (exact) mass is 312 g/mol. The summed E-state index contributed by atoms with van der Waals surface area (Å²) in [7, 11) is 0. The number of nitrogens with two attached hydrogens (primary N) is 1. The van der Waals surface area contributed by atoms with Crippen LogP contribution in [0.5, 0.6) is 0 Å². The fourth-order valence-corrected chi connectivity index (χ4v) is 3.43. The second kappa shape index (κ2) is 7.64. The van der Waals surface area contributed by atoms with Gasteiger partial charge in [0.25, 0.3) is 5.91 Å². The minimum absolute atomic E-state index is 0.103. The van der Waals surface area contributed by atoms with E-state index >= 15 is 0 Å². The van der Waals surface area contributed by atoms with Crippen molar-refractivity contribution in [2.45, 2.75) is 59.4 Å². The zero-order valence-corrected chi connectivity index (χ0v) is 14.6. The van der Waals surface area contributed by atoms with Crippen LogP contribution >= 0.6 is 11.3 Å². The van der Waals surface area contributed by atoms with Crippen molar-refractivity contribution in [2.75, 3.05) is 23.7 Å². The smallest absolute Gasteiger partial charge is 0.265 e. The van der Waals surface area contributed by atoms with E-state index in [1.807, 2.05) is 0 Å². The van der Waals surface area contributed by atoms with E-state index in [9.17, 15) is 4.79 Å². The summed E-state index contributed by atoms with van der Waals surface area (Å²) >= 11 is 1.37. The van der Waals surface area contributed by atoms with Crippen LogP contribution in [-0.2, 0) is 0 Å². The largest absolute Gasteiger partial charge is 0.382 e. The zero-order chi connectivity index (χ0) is 16.0. The Balaban J connectivity index is 2.98. The van der Waals surface area contributed by atoms with Crippen molar-refractivity contribution in [3.63, 3.8) is 0 Å². The van der Waals surface area contributed by atoms with E-state index in [1.54, 1.807) is 0 Å². The predicted octanol–water partition coefficient (Wildman–Crippen LogP) is 3.27. The summed E-state index contributed by atoms with van der Waals surface area (Å²) in [6.45, 7) is 12.1. The van der Waals surface area contributed by atoms with Gasteiger partial charge in [-0.3, -0.25) is 4.79 Å². The summed E-state index contributed by atoms with van der Waals surface area (Å²) in [5.41, 5.74) is 5.79. The van der Waals surface area contributed by atoms with E-state index < -0.39 is 0 Å². The summed E-state index contributed by atoms with van der Waals surface area (Å²) in [5.74, 6) is 0.227. The Kier molecular flexibility index (Phi) is 6.45. The summed E-state index contributed by atoms with van der Waals surface area (Å²) < 4.78 is 0. The van der Waals surface area contributed by atoms with E-state index in [0.29, 0.717) is 10.7 Å². The molecule has 0 spiro atoms. The van der Waals surface area contributed by atoms with Crippen molar-refractivity contribution in [3.05, 3.63) is 4.88 Å². The Morgan fingerprint density at radius 1 is 1.19 bits per heavy atom. The molecule has 1 heterocycles. The molecule has 0 aliphatic carbocycles. The third-order valence-electron chi connectivity index (χ3n) is 4.29. The first-order chi connectivity index (χ1) is 9.96. The SMILES string of the molecule is CCN(CC)c1nc(N)c(C(=O)NC(CC)(CC)CC)s1. The number of anilines is 2. The summed E-state index contributed by atoms with van der Waals surface area (Å²) in [5, 5.41) is 3.98. The molecule has 0 aromatic carbocycles. The van der Waals surface area contributed by atoms with Gasteiger partial charge in [0.15, 0.2) is 5.13 Å². The first kappa shape index (κ1) is 17.8. The molecule has 5 nitrogen and oxygen atoms in total. The number of aromatic nitrogens is 1. The molecule has 120 valence electrons. The van der Waals surface area contributed by atoms with Gasteiger partial charge in [-0.15, -0.1) is 0 Å². The lowest BCUT2D eigenvalue weighted by Crippen LogP contribution is -2.47. The molecule has 3 N–H and O–H groups in total. The summed E-state index contributed by atoms with van der Waals surface area (Å²) in [4.78, 5) is 19.5. The number of carbonyl (C=O) groups is 1. The fraction of sp³-hybridized carbons (Fsp3) is 0.733. The van der Waals surface area contributed by atoms with Gasteiger partial charge in [0, 0.05) is 18.6 Å². The average Bonchev–Trinajstić information content (AvgIpc) is 2.88. The number of rotatable bonds is 8. The van der Waals surface area contributed by atoms with Gasteiger partial charge in [0.1, 0.15) is 10.7 Å². The number of hydrogen-bond donors (Lipinski definition) is 2. The van der Waals surface area contributed by atoms with E-state index in [4.69, 9.17) is 5.73 Å². The number of thiazole rings is 1. The van der Waals surface area contributed by atoms with Crippen molar-refractivity contribution < 1.29 is 4.79 Å². The van der Waals surface area contributed by atoms with Crippen LogP contribution in [0, 0.1) is 0 Å². The minimum atomic E-state index is -0.150. The molecular formula is C15H28N4OS. The number of amides is 1. The Bertz CT molecular complexity index is 456. The number of nitrogens with one attached hydrogen (secondary N) is 1. The first-order valence-corrected chi connectivity index (χ1v) is 8.62. The third kappa shape index (κ3) is 3.87. The van der Waals surface area contributed by atoms with Crippen LogP contribution in [-0.4, -0.2) is 29.5 Å². The molecule has 0 unspecified atom stereocenters. The second-order valence-corrected chi connectivity index (χ2v) is 6.16. The third-order valence-corrected chi connectivity index (χ3v) is 5.42. The first-order valence-electron chi connectivity index (χ1n) is 7.80. The fourth-order valence-electron chi connectivity index (χ4n) is 2.43. The molecule has 1 amide bonds. The van der Waals surface area contributed by atoms with Gasteiger partial charge in [-0.1, -0.05) is 32.1 Å². The molecule has 6 heteroatoms. The normalized spacial score (nSPS) is 11.5. The Morgan fingerprint density at radius 2 is 1.71 bits per heavy atom. The lowest BCUT2D eigenvalue weighted by atomic mass is 9.90. The Labute approximate surface area is 131 Å². The standard InChI is InChI=1S/C15H28N4OS/c1-6-15(7-2,8-3)18-13(20)11-12(16)17-14(21-11)19(9-4)10-5/h6-10,16H2,1-5H3,(H,18,20). The zero-order valence-electron chi connectivity index (χ0n) is 13.8. The molecule has 0 atom stereocenters. The van der Waals surface area contributed by atoms with Crippen LogP contribution in [0.25, 0.3) is 0 Å². The van der Waals surface area contributed by atoms with Crippen molar-refractivity contribution in [1.29, 1.82) is 0 Å². The highest BCUT2D eigenvalue weighted by atomic mass is 32.1. The molecule has 0 saturated heterocycles. The quantitative estimate of drug-likeness (QED) is 0.773. The Hall–Kier alpha value is -1.30. The van der Waals surface area contributed by atoms with Crippen molar-refractivity contribution >= 4 is 28.2 Å². The molecule has 0 aliphatic rings. The molecule has 21 heavy (non-hydrogen) atoms. The minimum Gasteiger partial charge on any atom is -0.382 e. The lowest BCUT2D eigenvalue weighted by Gasteiger charge is -2.31. The maximum Gasteiger partial charge on any atom is 0.265 e. The van der Waals surface area contributed by atoms with Crippen molar-refractivity contribution in [1.82, 2.24) is 10.3 Å². The van der Waals surface area contributed by atoms with E-state index in [2.05, 4.69) is 49.8 Å². The summed E-state index contributed by atoms with van der Waals surface area (Å²) in [6, 6.07) is 0. The molecule has 1 rings (SSSR count). The number of carbonyl (C=O) groups excluding carboxylic acids is 1. The number of nitrogens with zero attached hydrogens (tertiary/aromatic N) is 2. The Morgan fingerprint density at radius 3 is 2.14 bits per heavy atom. The maximum atomic E-state index is 12.5. The number of hydrogen-bond acceptors (Lipinski definition) is 5. The molecule has 0 aliphatic heterocycles. The van der Waals surface area contributed by atoms with Gasteiger partial charge < -0.3 is 16.0 Å². The van der Waals surface area contributed by atoms with Crippen LogP contribution in [0.15, 0.2) is 0 Å². The topological polar surface area (TPSA) is 71.2 Å². The predicted molar refractivity (Wildman–Crippen MR) is 91.2 cm³/mol. The second-order valence-electron chi connectivity index (χ2n) is 5.18. The number of nitrogen functional groups attached to an aromatic ring is 1. The highest BCUT2D eigenvalue weighted by Gasteiger charge is 2.28. The molecule has 0 saturated carbocycles. The lowest BCUT2D eigenvalue weighted by molar-refractivity contribution is 0.0893. The van der Waals surface area contributed by atoms with Gasteiger partial charge in [-0.25, -0.2) is 4.98 Å². The van der Waals surface area contributed by atoms with Gasteiger partial charge in [0.2, 0.25) is 0 Å². The van der Waals surface area contributed by atoms with Gasteiger partial charge >= 0.3 is 0 Å². The molecule has 1 aromatic heterocycles.